The van der Waals surface area contributed by atoms with Crippen molar-refractivity contribution in [2.75, 3.05) is 27.2 Å². The lowest BCUT2D eigenvalue weighted by Crippen LogP contribution is -2.31. The number of nitrogens with one attached hydrogen (secondary N) is 1. The van der Waals surface area contributed by atoms with Gasteiger partial charge in [0.05, 0.1) is 11.4 Å². The minimum absolute atomic E-state index is 0.00313. The lowest BCUT2D eigenvalue weighted by Gasteiger charge is -2.17. The van der Waals surface area contributed by atoms with Gasteiger partial charge >= 0.3 is 0 Å². The molecular weight excluding hydrogens is 388 g/mol. The van der Waals surface area contributed by atoms with Crippen molar-refractivity contribution in [2.45, 2.75) is 17.7 Å². The molecule has 0 bridgehead atoms. The van der Waals surface area contributed by atoms with Crippen LogP contribution in [0.4, 0.5) is 0 Å². The SMILES string of the molecule is CNS(=O)(=O)c1ccc(CCC(=O)N(C)CCOc2cccc(Cl)c2)cc1. The van der Waals surface area contributed by atoms with Crippen LogP contribution in [0.5, 0.6) is 5.75 Å². The molecule has 0 atom stereocenters. The zero-order chi connectivity index (χ0) is 19.9. The Morgan fingerprint density at radius 1 is 1.19 bits per heavy atom. The molecule has 27 heavy (non-hydrogen) atoms. The third kappa shape index (κ3) is 6.53. The van der Waals surface area contributed by atoms with Gasteiger partial charge in [-0.05, 0) is 49.4 Å². The number of hydrogen-bond acceptors (Lipinski definition) is 4. The lowest BCUT2D eigenvalue weighted by molar-refractivity contribution is -0.130. The van der Waals surface area contributed by atoms with E-state index in [1.54, 1.807) is 42.3 Å². The van der Waals surface area contributed by atoms with E-state index in [2.05, 4.69) is 4.72 Å². The van der Waals surface area contributed by atoms with Crippen LogP contribution in [-0.2, 0) is 21.2 Å². The summed E-state index contributed by atoms with van der Waals surface area (Å²) in [5.41, 5.74) is 0.905. The second-order valence-electron chi connectivity index (χ2n) is 5.97. The number of hydrogen-bond donors (Lipinski definition) is 1. The quantitative estimate of drug-likeness (QED) is 0.689. The van der Waals surface area contributed by atoms with Crippen molar-refractivity contribution in [2.24, 2.45) is 0 Å². The summed E-state index contributed by atoms with van der Waals surface area (Å²) in [4.78, 5) is 14.0. The summed E-state index contributed by atoms with van der Waals surface area (Å²) in [6.45, 7) is 0.837. The third-order valence-electron chi connectivity index (χ3n) is 4.05. The topological polar surface area (TPSA) is 75.7 Å². The van der Waals surface area contributed by atoms with E-state index in [1.807, 2.05) is 6.07 Å². The van der Waals surface area contributed by atoms with Crippen LogP contribution in [0.25, 0.3) is 0 Å². The number of aryl methyl sites for hydroxylation is 1. The van der Waals surface area contributed by atoms with Crippen LogP contribution in [0.3, 0.4) is 0 Å². The smallest absolute Gasteiger partial charge is 0.240 e. The molecule has 0 aliphatic carbocycles. The van der Waals surface area contributed by atoms with Gasteiger partial charge in [-0.15, -0.1) is 0 Å². The molecule has 146 valence electrons. The summed E-state index contributed by atoms with van der Waals surface area (Å²) in [7, 11) is -0.346. The van der Waals surface area contributed by atoms with E-state index in [0.29, 0.717) is 36.8 Å². The van der Waals surface area contributed by atoms with Gasteiger partial charge in [-0.3, -0.25) is 4.79 Å². The van der Waals surface area contributed by atoms with Crippen LogP contribution >= 0.6 is 11.6 Å². The predicted molar refractivity (Wildman–Crippen MR) is 106 cm³/mol. The van der Waals surface area contributed by atoms with Crippen molar-refractivity contribution in [3.63, 3.8) is 0 Å². The molecule has 0 saturated heterocycles. The van der Waals surface area contributed by atoms with Gasteiger partial charge in [0.2, 0.25) is 15.9 Å². The molecule has 0 fully saturated rings. The Morgan fingerprint density at radius 2 is 1.89 bits per heavy atom. The highest BCUT2D eigenvalue weighted by atomic mass is 35.5. The maximum Gasteiger partial charge on any atom is 0.240 e. The standard InChI is InChI=1S/C19H23ClN2O4S/c1-21-27(24,25)18-9-6-15(7-10-18)8-11-19(23)22(2)12-13-26-17-5-3-4-16(20)14-17/h3-7,9-10,14,21H,8,11-13H2,1-2H3. The van der Waals surface area contributed by atoms with Gasteiger partial charge < -0.3 is 9.64 Å². The third-order valence-corrected chi connectivity index (χ3v) is 5.71. The van der Waals surface area contributed by atoms with Gasteiger partial charge in [0.25, 0.3) is 0 Å². The fourth-order valence-electron chi connectivity index (χ4n) is 2.38. The molecule has 2 aromatic rings. The number of nitrogens with zero attached hydrogens (tertiary/aromatic N) is 1. The molecule has 0 saturated carbocycles. The summed E-state index contributed by atoms with van der Waals surface area (Å²) in [5.74, 6) is 0.663. The molecule has 0 aromatic heterocycles. The van der Waals surface area contributed by atoms with Crippen molar-refractivity contribution < 1.29 is 17.9 Å². The molecule has 2 rings (SSSR count). The number of ether oxygens (including phenoxy) is 1. The highest BCUT2D eigenvalue weighted by Gasteiger charge is 2.12. The summed E-state index contributed by atoms with van der Waals surface area (Å²) < 4.78 is 31.3. The van der Waals surface area contributed by atoms with E-state index in [4.69, 9.17) is 16.3 Å². The Kier molecular flexibility index (Phi) is 7.65. The number of carbonyl (C=O) groups excluding carboxylic acids is 1. The molecule has 1 amide bonds. The summed E-state index contributed by atoms with van der Waals surface area (Å²) in [6.07, 6.45) is 0.879. The van der Waals surface area contributed by atoms with Crippen LogP contribution in [-0.4, -0.2) is 46.5 Å². The van der Waals surface area contributed by atoms with E-state index >= 15 is 0 Å². The van der Waals surface area contributed by atoms with E-state index in [9.17, 15) is 13.2 Å². The van der Waals surface area contributed by atoms with E-state index in [1.165, 1.54) is 19.2 Å². The molecule has 0 radical (unpaired) electrons. The highest BCUT2D eigenvalue weighted by molar-refractivity contribution is 7.89. The zero-order valence-corrected chi connectivity index (χ0v) is 16.9. The number of likely N-dealkylation sites (N-methyl/N-ethyl adjacent to an activating group) is 1. The number of benzene rings is 2. The predicted octanol–water partition coefficient (Wildman–Crippen LogP) is 2.72. The fourth-order valence-corrected chi connectivity index (χ4v) is 3.29. The number of rotatable bonds is 9. The zero-order valence-electron chi connectivity index (χ0n) is 15.3. The summed E-state index contributed by atoms with van der Waals surface area (Å²) in [6, 6.07) is 13.6. The molecule has 1 N–H and O–H groups in total. The van der Waals surface area contributed by atoms with Crippen LogP contribution in [0.1, 0.15) is 12.0 Å². The maximum atomic E-state index is 12.2. The van der Waals surface area contributed by atoms with Gasteiger partial charge in [-0.1, -0.05) is 29.8 Å². The van der Waals surface area contributed by atoms with Crippen LogP contribution in [0, 0.1) is 0 Å². The molecule has 0 unspecified atom stereocenters. The first-order valence-electron chi connectivity index (χ1n) is 8.46. The molecule has 8 heteroatoms. The van der Waals surface area contributed by atoms with Gasteiger partial charge in [0.1, 0.15) is 12.4 Å². The van der Waals surface area contributed by atoms with Gasteiger partial charge in [0.15, 0.2) is 0 Å². The Hall–Kier alpha value is -2.09. The van der Waals surface area contributed by atoms with E-state index < -0.39 is 10.0 Å². The van der Waals surface area contributed by atoms with E-state index in [0.717, 1.165) is 5.56 Å². The lowest BCUT2D eigenvalue weighted by atomic mass is 10.1. The Morgan fingerprint density at radius 3 is 2.52 bits per heavy atom. The van der Waals surface area contributed by atoms with E-state index in [-0.39, 0.29) is 10.8 Å². The fraction of sp³-hybridized carbons (Fsp3) is 0.316. The molecule has 2 aromatic carbocycles. The first kappa shape index (κ1) is 21.2. The van der Waals surface area contributed by atoms with Crippen molar-refractivity contribution in [3.05, 3.63) is 59.1 Å². The second-order valence-corrected chi connectivity index (χ2v) is 8.30. The minimum Gasteiger partial charge on any atom is -0.492 e. The average Bonchev–Trinajstić information content (AvgIpc) is 2.66. The average molecular weight is 411 g/mol. The highest BCUT2D eigenvalue weighted by Crippen LogP contribution is 2.17. The first-order valence-corrected chi connectivity index (χ1v) is 10.3. The molecule has 6 nitrogen and oxygen atoms in total. The first-order chi connectivity index (χ1) is 12.8. The van der Waals surface area contributed by atoms with Gasteiger partial charge in [0, 0.05) is 18.5 Å². The minimum atomic E-state index is -3.44. The monoisotopic (exact) mass is 410 g/mol. The van der Waals surface area contributed by atoms with Crippen molar-refractivity contribution in [1.29, 1.82) is 0 Å². The number of carbonyl (C=O) groups is 1. The molecule has 0 heterocycles. The van der Waals surface area contributed by atoms with Crippen molar-refractivity contribution in [3.8, 4) is 5.75 Å². The number of sulfonamides is 1. The Bertz CT molecular complexity index is 870. The van der Waals surface area contributed by atoms with Crippen LogP contribution < -0.4 is 9.46 Å². The summed E-state index contributed by atoms with van der Waals surface area (Å²) >= 11 is 5.90. The summed E-state index contributed by atoms with van der Waals surface area (Å²) in [5, 5.41) is 0.602. The largest absolute Gasteiger partial charge is 0.492 e. The van der Waals surface area contributed by atoms with Gasteiger partial charge in [-0.25, -0.2) is 13.1 Å². The Balaban J connectivity index is 1.77. The van der Waals surface area contributed by atoms with Gasteiger partial charge in [-0.2, -0.15) is 0 Å². The number of halogens is 1. The van der Waals surface area contributed by atoms with Crippen molar-refractivity contribution in [1.82, 2.24) is 9.62 Å². The Labute approximate surface area is 165 Å². The van der Waals surface area contributed by atoms with Crippen LogP contribution in [0.15, 0.2) is 53.4 Å². The number of amides is 1. The maximum absolute atomic E-state index is 12.2. The molecule has 0 aliphatic heterocycles. The van der Waals surface area contributed by atoms with Crippen molar-refractivity contribution >= 4 is 27.5 Å². The normalized spacial score (nSPS) is 11.2. The molecule has 0 spiro atoms. The molecule has 0 aliphatic rings. The second kappa shape index (κ2) is 9.73. The molecular formula is C19H23ClN2O4S. The van der Waals surface area contributed by atoms with Crippen LogP contribution in [0.2, 0.25) is 5.02 Å².